The van der Waals surface area contributed by atoms with Gasteiger partial charge in [0, 0.05) is 16.2 Å². The van der Waals surface area contributed by atoms with Crippen LogP contribution < -0.4 is 0 Å². The molecular weight excluding hydrogens is 252 g/mol. The van der Waals surface area contributed by atoms with E-state index in [0.717, 1.165) is 0 Å². The molecule has 0 heteroatoms. The summed E-state index contributed by atoms with van der Waals surface area (Å²) >= 11 is 0. The number of rotatable bonds is 0. The Labute approximate surface area is 126 Å². The molecule has 0 aromatic heterocycles. The predicted octanol–water partition coefficient (Wildman–Crippen LogP) is 4.96. The number of hydrogen-bond acceptors (Lipinski definition) is 0. The molecule has 5 rings (SSSR count). The van der Waals surface area contributed by atoms with Gasteiger partial charge in [0.15, 0.2) is 0 Å². The zero-order valence-corrected chi connectivity index (χ0v) is 12.9. The van der Waals surface area contributed by atoms with Crippen molar-refractivity contribution in [3.8, 4) is 0 Å². The minimum atomic E-state index is 0.164. The molecule has 104 valence electrons. The Balaban J connectivity index is 1.83. The second-order valence-electron chi connectivity index (χ2n) is 7.71. The Hall–Kier alpha value is -1.82. The fraction of sp³-hybridized carbons (Fsp3) is 0.333. The molecule has 0 radical (unpaired) electrons. The summed E-state index contributed by atoms with van der Waals surface area (Å²) < 4.78 is 0. The van der Waals surface area contributed by atoms with Crippen molar-refractivity contribution in [3.63, 3.8) is 0 Å². The molecule has 0 N–H and O–H groups in total. The Morgan fingerprint density at radius 1 is 0.762 bits per heavy atom. The number of fused-ring (bicyclic) bond motifs is 9. The average molecular weight is 272 g/mol. The molecule has 2 bridgehead atoms. The maximum absolute atomic E-state index is 2.51. The van der Waals surface area contributed by atoms with Crippen LogP contribution in [0.2, 0.25) is 0 Å². The monoisotopic (exact) mass is 272 g/mol. The number of benzene rings is 1. The summed E-state index contributed by atoms with van der Waals surface area (Å²) in [6, 6.07) is 4.99. The van der Waals surface area contributed by atoms with Crippen molar-refractivity contribution >= 4 is 5.57 Å². The van der Waals surface area contributed by atoms with Crippen molar-refractivity contribution in [2.24, 2.45) is 0 Å². The van der Waals surface area contributed by atoms with Crippen LogP contribution in [0.5, 0.6) is 0 Å². The summed E-state index contributed by atoms with van der Waals surface area (Å²) in [4.78, 5) is 0. The van der Waals surface area contributed by atoms with Gasteiger partial charge in [-0.2, -0.15) is 0 Å². The molecule has 0 nitrogen and oxygen atoms in total. The SMILES string of the molecule is CC12C=CC=C(C1)c1cc3c(cc12)C1(C)C=CC=CC31C. The van der Waals surface area contributed by atoms with E-state index in [1.165, 1.54) is 34.2 Å². The third kappa shape index (κ3) is 1.09. The lowest BCUT2D eigenvalue weighted by Gasteiger charge is -2.56. The average Bonchev–Trinajstić information content (AvgIpc) is 2.67. The van der Waals surface area contributed by atoms with E-state index in [9.17, 15) is 0 Å². The molecule has 21 heavy (non-hydrogen) atoms. The molecule has 0 amide bonds. The van der Waals surface area contributed by atoms with Gasteiger partial charge in [0.05, 0.1) is 0 Å². The molecule has 3 atom stereocenters. The Morgan fingerprint density at radius 3 is 2.14 bits per heavy atom. The highest BCUT2D eigenvalue weighted by molar-refractivity contribution is 5.82. The van der Waals surface area contributed by atoms with Crippen LogP contribution in [-0.4, -0.2) is 0 Å². The third-order valence-electron chi connectivity index (χ3n) is 6.61. The molecule has 4 aliphatic rings. The van der Waals surface area contributed by atoms with E-state index in [4.69, 9.17) is 0 Å². The number of allylic oxidation sites excluding steroid dienone is 8. The second-order valence-corrected chi connectivity index (χ2v) is 7.71. The van der Waals surface area contributed by atoms with Crippen molar-refractivity contribution in [1.29, 1.82) is 0 Å². The predicted molar refractivity (Wildman–Crippen MR) is 88.5 cm³/mol. The lowest BCUT2D eigenvalue weighted by Crippen LogP contribution is -2.53. The van der Waals surface area contributed by atoms with Crippen molar-refractivity contribution in [3.05, 3.63) is 76.9 Å². The first-order valence-corrected chi connectivity index (χ1v) is 7.93. The van der Waals surface area contributed by atoms with Gasteiger partial charge in [-0.1, -0.05) is 69.4 Å². The molecule has 4 aliphatic carbocycles. The van der Waals surface area contributed by atoms with Gasteiger partial charge in [0.25, 0.3) is 0 Å². The van der Waals surface area contributed by atoms with Crippen LogP contribution in [0.15, 0.2) is 54.7 Å². The summed E-state index contributed by atoms with van der Waals surface area (Å²) in [5.74, 6) is 0. The Bertz CT molecular complexity index is 817. The molecule has 0 spiro atoms. The lowest BCUT2D eigenvalue weighted by molar-refractivity contribution is 0.315. The molecule has 0 aliphatic heterocycles. The second kappa shape index (κ2) is 3.16. The van der Waals surface area contributed by atoms with Gasteiger partial charge in [0.1, 0.15) is 0 Å². The van der Waals surface area contributed by atoms with Gasteiger partial charge in [-0.15, -0.1) is 0 Å². The molecule has 1 aromatic rings. The van der Waals surface area contributed by atoms with Gasteiger partial charge in [-0.3, -0.25) is 0 Å². The smallest absolute Gasteiger partial charge is 0.0239 e. The fourth-order valence-electron chi connectivity index (χ4n) is 4.98. The van der Waals surface area contributed by atoms with Crippen LogP contribution in [0.3, 0.4) is 0 Å². The van der Waals surface area contributed by atoms with Crippen molar-refractivity contribution in [2.45, 2.75) is 43.4 Å². The maximum Gasteiger partial charge on any atom is 0.0239 e. The number of hydrogen-bond donors (Lipinski definition) is 0. The minimum absolute atomic E-state index is 0.164. The van der Waals surface area contributed by atoms with E-state index in [0.29, 0.717) is 0 Å². The topological polar surface area (TPSA) is 0 Å². The summed E-state index contributed by atoms with van der Waals surface area (Å²) in [6.07, 6.45) is 17.3. The summed E-state index contributed by atoms with van der Waals surface area (Å²) in [5.41, 5.74) is 8.15. The van der Waals surface area contributed by atoms with Crippen LogP contribution in [-0.2, 0) is 16.2 Å². The first-order valence-electron chi connectivity index (χ1n) is 7.93. The van der Waals surface area contributed by atoms with E-state index in [1.54, 1.807) is 0 Å². The first-order chi connectivity index (χ1) is 9.98. The normalized spacial score (nSPS) is 40.2. The highest BCUT2D eigenvalue weighted by Crippen LogP contribution is 2.62. The van der Waals surface area contributed by atoms with E-state index >= 15 is 0 Å². The molecule has 3 unspecified atom stereocenters. The molecule has 0 heterocycles. The fourth-order valence-corrected chi connectivity index (χ4v) is 4.98. The highest BCUT2D eigenvalue weighted by atomic mass is 14.6. The minimum Gasteiger partial charge on any atom is -0.0738 e. The van der Waals surface area contributed by atoms with E-state index in [1.807, 2.05) is 0 Å². The van der Waals surface area contributed by atoms with E-state index in [-0.39, 0.29) is 16.2 Å². The Kier molecular flexibility index (Phi) is 1.78. The highest BCUT2D eigenvalue weighted by Gasteiger charge is 2.56. The molecule has 0 saturated carbocycles. The van der Waals surface area contributed by atoms with Gasteiger partial charge in [0.2, 0.25) is 0 Å². The standard InChI is InChI=1S/C21H20/c1-19-8-6-7-14(13-19)15-11-17-18(12-16(15)19)21(3)10-5-4-9-20(17,21)2/h4-12H,13H2,1-3H3. The van der Waals surface area contributed by atoms with E-state index in [2.05, 4.69) is 75.4 Å². The van der Waals surface area contributed by atoms with Crippen molar-refractivity contribution < 1.29 is 0 Å². The zero-order valence-electron chi connectivity index (χ0n) is 12.9. The van der Waals surface area contributed by atoms with Crippen LogP contribution >= 0.6 is 0 Å². The first kappa shape index (κ1) is 11.8. The summed E-state index contributed by atoms with van der Waals surface area (Å²) in [6.45, 7) is 7.16. The zero-order chi connectivity index (χ0) is 14.5. The quantitative estimate of drug-likeness (QED) is 0.626. The Morgan fingerprint density at radius 2 is 1.43 bits per heavy atom. The summed E-state index contributed by atoms with van der Waals surface area (Å²) in [5, 5.41) is 0. The molecule has 0 fully saturated rings. The lowest BCUT2D eigenvalue weighted by atomic mass is 9.46. The van der Waals surface area contributed by atoms with Crippen molar-refractivity contribution in [1.82, 2.24) is 0 Å². The van der Waals surface area contributed by atoms with Crippen LogP contribution in [0, 0.1) is 0 Å². The van der Waals surface area contributed by atoms with Gasteiger partial charge >= 0.3 is 0 Å². The van der Waals surface area contributed by atoms with Crippen LogP contribution in [0.25, 0.3) is 5.57 Å². The molecular formula is C21H20. The maximum atomic E-state index is 2.51. The van der Waals surface area contributed by atoms with Crippen LogP contribution in [0.1, 0.15) is 49.4 Å². The van der Waals surface area contributed by atoms with Crippen LogP contribution in [0.4, 0.5) is 0 Å². The summed E-state index contributed by atoms with van der Waals surface area (Å²) in [7, 11) is 0. The molecule has 1 aromatic carbocycles. The third-order valence-corrected chi connectivity index (χ3v) is 6.61. The van der Waals surface area contributed by atoms with Gasteiger partial charge in [-0.25, -0.2) is 0 Å². The largest absolute Gasteiger partial charge is 0.0738 e. The van der Waals surface area contributed by atoms with Crippen molar-refractivity contribution in [2.75, 3.05) is 0 Å². The molecule has 0 saturated heterocycles. The van der Waals surface area contributed by atoms with E-state index < -0.39 is 0 Å². The van der Waals surface area contributed by atoms with Gasteiger partial charge < -0.3 is 0 Å². The van der Waals surface area contributed by atoms with Gasteiger partial charge in [-0.05, 0) is 40.3 Å².